The van der Waals surface area contributed by atoms with Crippen molar-refractivity contribution in [1.82, 2.24) is 19.7 Å². The first-order valence-electron chi connectivity index (χ1n) is 8.15. The Bertz CT molecular complexity index is 901. The zero-order valence-corrected chi connectivity index (χ0v) is 13.2. The van der Waals surface area contributed by atoms with Crippen LogP contribution in [0.25, 0.3) is 17.0 Å². The fourth-order valence-corrected chi connectivity index (χ4v) is 3.08. The van der Waals surface area contributed by atoms with Crippen LogP contribution in [0.2, 0.25) is 0 Å². The number of pyridine rings is 2. The molecule has 2 N–H and O–H groups in total. The van der Waals surface area contributed by atoms with Crippen molar-refractivity contribution < 1.29 is 0 Å². The molecule has 1 fully saturated rings. The van der Waals surface area contributed by atoms with Crippen LogP contribution in [0, 0.1) is 11.3 Å². The average molecular weight is 318 g/mol. The second-order valence-corrected chi connectivity index (χ2v) is 6.00. The van der Waals surface area contributed by atoms with Crippen LogP contribution in [0.1, 0.15) is 18.4 Å². The van der Waals surface area contributed by atoms with Gasteiger partial charge in [0, 0.05) is 18.8 Å². The Hall–Kier alpha value is -2.91. The fraction of sp³-hybridized carbons (Fsp3) is 0.278. The van der Waals surface area contributed by atoms with Gasteiger partial charge in [0.2, 0.25) is 0 Å². The van der Waals surface area contributed by atoms with E-state index in [4.69, 9.17) is 10.2 Å². The number of anilines is 1. The van der Waals surface area contributed by atoms with Crippen LogP contribution in [0.3, 0.4) is 0 Å². The Morgan fingerprint density at radius 1 is 1.29 bits per heavy atom. The van der Waals surface area contributed by atoms with Crippen molar-refractivity contribution in [2.45, 2.75) is 18.9 Å². The maximum atomic E-state index is 9.11. The first-order chi connectivity index (χ1) is 11.8. The Morgan fingerprint density at radius 2 is 2.25 bits per heavy atom. The quantitative estimate of drug-likeness (QED) is 0.775. The summed E-state index contributed by atoms with van der Waals surface area (Å²) < 4.78 is 1.91. The van der Waals surface area contributed by atoms with E-state index in [0.29, 0.717) is 11.6 Å². The molecule has 3 aromatic heterocycles. The van der Waals surface area contributed by atoms with Crippen molar-refractivity contribution in [3.05, 3.63) is 48.3 Å². The van der Waals surface area contributed by atoms with Gasteiger partial charge in [0.15, 0.2) is 0 Å². The van der Waals surface area contributed by atoms with E-state index in [1.807, 2.05) is 28.7 Å². The zero-order valence-electron chi connectivity index (χ0n) is 13.2. The van der Waals surface area contributed by atoms with Gasteiger partial charge in [-0.3, -0.25) is 4.40 Å². The maximum Gasteiger partial charge on any atom is 0.137 e. The summed E-state index contributed by atoms with van der Waals surface area (Å²) in [5, 5.41) is 16.0. The second kappa shape index (κ2) is 6.30. The van der Waals surface area contributed by atoms with Gasteiger partial charge in [-0.15, -0.1) is 0 Å². The monoisotopic (exact) mass is 318 g/mol. The highest BCUT2D eigenvalue weighted by atomic mass is 15.1. The van der Waals surface area contributed by atoms with Gasteiger partial charge in [-0.1, -0.05) is 6.07 Å². The van der Waals surface area contributed by atoms with E-state index < -0.39 is 0 Å². The summed E-state index contributed by atoms with van der Waals surface area (Å²) in [6.07, 6.45) is 5.93. The lowest BCUT2D eigenvalue weighted by atomic mass is 10.1. The summed E-state index contributed by atoms with van der Waals surface area (Å²) in [6.45, 7) is 2.06. The van der Waals surface area contributed by atoms with Crippen LogP contribution in [0.4, 0.5) is 5.82 Å². The van der Waals surface area contributed by atoms with Gasteiger partial charge in [0.1, 0.15) is 17.5 Å². The molecule has 0 spiro atoms. The number of imidazole rings is 1. The fourth-order valence-electron chi connectivity index (χ4n) is 3.08. The maximum absolute atomic E-state index is 9.11. The Balaban J connectivity index is 1.67. The number of nitrogens with zero attached hydrogens (tertiary/aromatic N) is 4. The van der Waals surface area contributed by atoms with E-state index in [1.54, 1.807) is 18.5 Å². The lowest BCUT2D eigenvalue weighted by molar-refractivity contribution is 0.479. The lowest BCUT2D eigenvalue weighted by Gasteiger charge is -2.24. The average Bonchev–Trinajstić information content (AvgIpc) is 3.06. The standard InChI is InChI=1S/C18H18N6/c19-9-13-6-7-18-21-11-16(24(18)12-13)15-4-1-5-17(23-15)22-14-3-2-8-20-10-14/h1,4-7,11-12,14,20H,2-3,8,10H2,(H,22,23). The van der Waals surface area contributed by atoms with Crippen LogP contribution in [-0.4, -0.2) is 33.5 Å². The molecule has 0 radical (unpaired) electrons. The van der Waals surface area contributed by atoms with Gasteiger partial charge in [-0.05, 0) is 43.7 Å². The number of piperidine rings is 1. The zero-order chi connectivity index (χ0) is 16.4. The third-order valence-electron chi connectivity index (χ3n) is 4.30. The highest BCUT2D eigenvalue weighted by Gasteiger charge is 2.14. The lowest BCUT2D eigenvalue weighted by Crippen LogP contribution is -2.38. The van der Waals surface area contributed by atoms with Crippen molar-refractivity contribution in [2.24, 2.45) is 0 Å². The molecule has 6 heteroatoms. The predicted octanol–water partition coefficient (Wildman–Crippen LogP) is 2.43. The molecule has 6 nitrogen and oxygen atoms in total. The Morgan fingerprint density at radius 3 is 3.08 bits per heavy atom. The van der Waals surface area contributed by atoms with Crippen LogP contribution < -0.4 is 10.6 Å². The van der Waals surface area contributed by atoms with Gasteiger partial charge in [0.25, 0.3) is 0 Å². The van der Waals surface area contributed by atoms with Gasteiger partial charge < -0.3 is 10.6 Å². The third-order valence-corrected chi connectivity index (χ3v) is 4.30. The van der Waals surface area contributed by atoms with Crippen molar-refractivity contribution in [3.8, 4) is 17.5 Å². The third kappa shape index (κ3) is 2.82. The first kappa shape index (κ1) is 14.7. The highest BCUT2D eigenvalue weighted by Crippen LogP contribution is 2.21. The van der Waals surface area contributed by atoms with Gasteiger partial charge in [-0.2, -0.15) is 5.26 Å². The predicted molar refractivity (Wildman–Crippen MR) is 92.7 cm³/mol. The van der Waals surface area contributed by atoms with E-state index in [1.165, 1.54) is 6.42 Å². The number of nitriles is 1. The second-order valence-electron chi connectivity index (χ2n) is 6.00. The minimum Gasteiger partial charge on any atom is -0.366 e. The summed E-state index contributed by atoms with van der Waals surface area (Å²) in [6, 6.07) is 12.1. The molecule has 0 aromatic carbocycles. The molecular formula is C18H18N6. The molecule has 0 aliphatic carbocycles. The number of hydrogen-bond acceptors (Lipinski definition) is 5. The number of nitrogens with one attached hydrogen (secondary N) is 2. The minimum absolute atomic E-state index is 0.411. The van der Waals surface area contributed by atoms with E-state index in [9.17, 15) is 0 Å². The van der Waals surface area contributed by atoms with Gasteiger partial charge >= 0.3 is 0 Å². The van der Waals surface area contributed by atoms with Crippen molar-refractivity contribution in [2.75, 3.05) is 18.4 Å². The van der Waals surface area contributed by atoms with Crippen molar-refractivity contribution >= 4 is 11.5 Å². The molecule has 1 aliphatic heterocycles. The molecule has 24 heavy (non-hydrogen) atoms. The van der Waals surface area contributed by atoms with Crippen LogP contribution in [-0.2, 0) is 0 Å². The SMILES string of the molecule is N#Cc1ccc2ncc(-c3cccc(NC4CCCNC4)n3)n2c1. The van der Waals surface area contributed by atoms with E-state index in [0.717, 1.165) is 42.4 Å². The number of fused-ring (bicyclic) bond motifs is 1. The number of aromatic nitrogens is 3. The van der Waals surface area contributed by atoms with Crippen molar-refractivity contribution in [1.29, 1.82) is 5.26 Å². The smallest absolute Gasteiger partial charge is 0.137 e. The van der Waals surface area contributed by atoms with Crippen LogP contribution >= 0.6 is 0 Å². The molecule has 1 saturated heterocycles. The molecule has 0 saturated carbocycles. The molecule has 1 aliphatic rings. The molecule has 4 heterocycles. The number of hydrogen-bond donors (Lipinski definition) is 2. The largest absolute Gasteiger partial charge is 0.366 e. The Kier molecular flexibility index (Phi) is 3.85. The first-order valence-corrected chi connectivity index (χ1v) is 8.15. The van der Waals surface area contributed by atoms with Gasteiger partial charge in [0.05, 0.1) is 23.1 Å². The summed E-state index contributed by atoms with van der Waals surface area (Å²) in [5.41, 5.74) is 3.13. The molecule has 1 atom stereocenters. The minimum atomic E-state index is 0.411. The van der Waals surface area contributed by atoms with E-state index >= 15 is 0 Å². The summed E-state index contributed by atoms with van der Waals surface area (Å²) in [7, 11) is 0. The van der Waals surface area contributed by atoms with Crippen LogP contribution in [0.5, 0.6) is 0 Å². The normalized spacial score (nSPS) is 17.5. The summed E-state index contributed by atoms with van der Waals surface area (Å²) in [4.78, 5) is 9.13. The molecule has 3 aromatic rings. The molecule has 4 rings (SSSR count). The molecular weight excluding hydrogens is 300 g/mol. The van der Waals surface area contributed by atoms with E-state index in [-0.39, 0.29) is 0 Å². The highest BCUT2D eigenvalue weighted by molar-refractivity contribution is 5.62. The topological polar surface area (TPSA) is 78.0 Å². The van der Waals surface area contributed by atoms with Crippen molar-refractivity contribution in [3.63, 3.8) is 0 Å². The molecule has 1 unspecified atom stereocenters. The van der Waals surface area contributed by atoms with E-state index in [2.05, 4.69) is 21.7 Å². The summed E-state index contributed by atoms with van der Waals surface area (Å²) in [5.74, 6) is 0.868. The number of rotatable bonds is 3. The molecule has 0 amide bonds. The molecule has 120 valence electrons. The van der Waals surface area contributed by atoms with Crippen LogP contribution in [0.15, 0.2) is 42.7 Å². The van der Waals surface area contributed by atoms with Gasteiger partial charge in [-0.25, -0.2) is 9.97 Å². The molecule has 0 bridgehead atoms. The summed E-state index contributed by atoms with van der Waals surface area (Å²) >= 11 is 0. The Labute approximate surface area is 140 Å².